The SMILES string of the molecule is CCCC(NCC)c1c(F)ccc(C)c1F. The molecule has 0 aliphatic heterocycles. The third-order valence-corrected chi connectivity index (χ3v) is 2.70. The van der Waals surface area contributed by atoms with Crippen molar-refractivity contribution in [1.29, 1.82) is 0 Å². The first-order chi connectivity index (χ1) is 7.61. The zero-order valence-corrected chi connectivity index (χ0v) is 10.1. The maximum absolute atomic E-state index is 13.9. The largest absolute Gasteiger partial charge is 0.310 e. The van der Waals surface area contributed by atoms with Crippen molar-refractivity contribution in [1.82, 2.24) is 5.32 Å². The zero-order chi connectivity index (χ0) is 12.1. The number of hydrogen-bond acceptors (Lipinski definition) is 1. The van der Waals surface area contributed by atoms with Crippen LogP contribution in [-0.2, 0) is 0 Å². The molecule has 1 aromatic rings. The summed E-state index contributed by atoms with van der Waals surface area (Å²) in [5.74, 6) is -0.873. The van der Waals surface area contributed by atoms with Crippen LogP contribution in [0.15, 0.2) is 12.1 Å². The Hall–Kier alpha value is -0.960. The van der Waals surface area contributed by atoms with Crippen molar-refractivity contribution in [3.63, 3.8) is 0 Å². The molecule has 1 atom stereocenters. The first-order valence-electron chi connectivity index (χ1n) is 5.79. The number of nitrogens with one attached hydrogen (secondary N) is 1. The van der Waals surface area contributed by atoms with Crippen LogP contribution in [0, 0.1) is 18.6 Å². The van der Waals surface area contributed by atoms with E-state index in [1.54, 1.807) is 6.92 Å². The van der Waals surface area contributed by atoms with E-state index in [9.17, 15) is 8.78 Å². The lowest BCUT2D eigenvalue weighted by molar-refractivity contribution is 0.449. The van der Waals surface area contributed by atoms with Crippen LogP contribution >= 0.6 is 0 Å². The van der Waals surface area contributed by atoms with Crippen molar-refractivity contribution in [3.05, 3.63) is 34.9 Å². The van der Waals surface area contributed by atoms with E-state index in [4.69, 9.17) is 0 Å². The Morgan fingerprint density at radius 1 is 1.25 bits per heavy atom. The molecule has 0 aliphatic rings. The minimum atomic E-state index is -0.456. The highest BCUT2D eigenvalue weighted by atomic mass is 19.1. The van der Waals surface area contributed by atoms with E-state index in [0.29, 0.717) is 12.1 Å². The molecule has 0 bridgehead atoms. The highest BCUT2D eigenvalue weighted by Gasteiger charge is 2.19. The Morgan fingerprint density at radius 2 is 1.94 bits per heavy atom. The second-order valence-corrected chi connectivity index (χ2v) is 3.99. The Balaban J connectivity index is 3.11. The Kier molecular flexibility index (Phi) is 4.87. The molecule has 1 rings (SSSR count). The summed E-state index contributed by atoms with van der Waals surface area (Å²) in [5, 5.41) is 3.13. The summed E-state index contributed by atoms with van der Waals surface area (Å²) in [6.07, 6.45) is 1.63. The molecule has 16 heavy (non-hydrogen) atoms. The summed E-state index contributed by atoms with van der Waals surface area (Å²) in [5.41, 5.74) is 0.680. The van der Waals surface area contributed by atoms with E-state index in [-0.39, 0.29) is 11.6 Å². The molecule has 1 aromatic carbocycles. The standard InChI is InChI=1S/C13H19F2N/c1-4-6-11(16-5-2)12-10(14)8-7-9(3)13(12)15/h7-8,11,16H,4-6H2,1-3H3. The second kappa shape index (κ2) is 5.94. The van der Waals surface area contributed by atoms with Gasteiger partial charge in [0.1, 0.15) is 11.6 Å². The lowest BCUT2D eigenvalue weighted by Crippen LogP contribution is -2.23. The van der Waals surface area contributed by atoms with Gasteiger partial charge in [0.05, 0.1) is 0 Å². The van der Waals surface area contributed by atoms with Gasteiger partial charge in [0.2, 0.25) is 0 Å². The monoisotopic (exact) mass is 227 g/mol. The molecule has 0 aliphatic carbocycles. The zero-order valence-electron chi connectivity index (χ0n) is 10.1. The maximum atomic E-state index is 13.9. The van der Waals surface area contributed by atoms with Crippen LogP contribution in [0.25, 0.3) is 0 Å². The molecule has 0 fully saturated rings. The fourth-order valence-electron chi connectivity index (χ4n) is 1.88. The minimum absolute atomic E-state index is 0.184. The van der Waals surface area contributed by atoms with E-state index in [2.05, 4.69) is 5.32 Å². The molecular weight excluding hydrogens is 208 g/mol. The summed E-state index contributed by atoms with van der Waals surface area (Å²) < 4.78 is 27.5. The van der Waals surface area contributed by atoms with Gasteiger partial charge in [-0.2, -0.15) is 0 Å². The first-order valence-corrected chi connectivity index (χ1v) is 5.79. The van der Waals surface area contributed by atoms with E-state index >= 15 is 0 Å². The fourth-order valence-corrected chi connectivity index (χ4v) is 1.88. The van der Waals surface area contributed by atoms with Gasteiger partial charge < -0.3 is 5.32 Å². The summed E-state index contributed by atoms with van der Waals surface area (Å²) in [6.45, 7) is 6.31. The normalized spacial score (nSPS) is 12.8. The van der Waals surface area contributed by atoms with Crippen LogP contribution in [-0.4, -0.2) is 6.54 Å². The van der Waals surface area contributed by atoms with Crippen molar-refractivity contribution >= 4 is 0 Å². The molecule has 0 saturated carbocycles. The van der Waals surface area contributed by atoms with Crippen LogP contribution in [0.3, 0.4) is 0 Å². The van der Waals surface area contributed by atoms with Gasteiger partial charge in [0.25, 0.3) is 0 Å². The van der Waals surface area contributed by atoms with Crippen molar-refractivity contribution in [2.24, 2.45) is 0 Å². The average Bonchev–Trinajstić information content (AvgIpc) is 2.25. The third-order valence-electron chi connectivity index (χ3n) is 2.70. The predicted molar refractivity (Wildman–Crippen MR) is 62.4 cm³/mol. The van der Waals surface area contributed by atoms with Crippen LogP contribution < -0.4 is 5.32 Å². The molecule has 0 aromatic heterocycles. The molecule has 0 heterocycles. The molecule has 1 N–H and O–H groups in total. The van der Waals surface area contributed by atoms with Crippen molar-refractivity contribution < 1.29 is 8.78 Å². The summed E-state index contributed by atoms with van der Waals surface area (Å²) in [7, 11) is 0. The first kappa shape index (κ1) is 13.1. The lowest BCUT2D eigenvalue weighted by Gasteiger charge is -2.19. The highest BCUT2D eigenvalue weighted by molar-refractivity contribution is 5.29. The second-order valence-electron chi connectivity index (χ2n) is 3.99. The van der Waals surface area contributed by atoms with Gasteiger partial charge in [-0.25, -0.2) is 8.78 Å². The molecule has 0 spiro atoms. The molecule has 90 valence electrons. The summed E-state index contributed by atoms with van der Waals surface area (Å²) >= 11 is 0. The molecule has 0 amide bonds. The molecule has 0 saturated heterocycles. The Morgan fingerprint density at radius 3 is 2.50 bits per heavy atom. The van der Waals surface area contributed by atoms with Gasteiger partial charge in [0.15, 0.2) is 0 Å². The highest BCUT2D eigenvalue weighted by Crippen LogP contribution is 2.26. The number of hydrogen-bond donors (Lipinski definition) is 1. The van der Waals surface area contributed by atoms with Gasteiger partial charge >= 0.3 is 0 Å². The van der Waals surface area contributed by atoms with Crippen LogP contribution in [0.2, 0.25) is 0 Å². The topological polar surface area (TPSA) is 12.0 Å². The van der Waals surface area contributed by atoms with E-state index in [1.165, 1.54) is 12.1 Å². The lowest BCUT2D eigenvalue weighted by atomic mass is 9.99. The Bertz CT molecular complexity index is 344. The van der Waals surface area contributed by atoms with E-state index in [0.717, 1.165) is 12.8 Å². The van der Waals surface area contributed by atoms with Crippen LogP contribution in [0.1, 0.15) is 43.9 Å². The molecule has 0 radical (unpaired) electrons. The van der Waals surface area contributed by atoms with Gasteiger partial charge in [0, 0.05) is 11.6 Å². The fraction of sp³-hybridized carbons (Fsp3) is 0.538. The predicted octanol–water partition coefficient (Wildman–Crippen LogP) is 3.72. The number of benzene rings is 1. The summed E-state index contributed by atoms with van der Waals surface area (Å²) in [4.78, 5) is 0. The molecule has 3 heteroatoms. The third kappa shape index (κ3) is 2.79. The van der Waals surface area contributed by atoms with Crippen molar-refractivity contribution in [3.8, 4) is 0 Å². The van der Waals surface area contributed by atoms with Gasteiger partial charge in [-0.15, -0.1) is 0 Å². The molecular formula is C13H19F2N. The van der Waals surface area contributed by atoms with Crippen molar-refractivity contribution in [2.45, 2.75) is 39.7 Å². The number of halogens is 2. The average molecular weight is 227 g/mol. The molecule has 1 unspecified atom stereocenters. The number of aryl methyl sites for hydroxylation is 1. The van der Waals surface area contributed by atoms with Gasteiger partial charge in [-0.05, 0) is 31.5 Å². The van der Waals surface area contributed by atoms with Gasteiger partial charge in [-0.3, -0.25) is 0 Å². The number of rotatable bonds is 5. The quantitative estimate of drug-likeness (QED) is 0.808. The van der Waals surface area contributed by atoms with Crippen LogP contribution in [0.4, 0.5) is 8.78 Å². The molecule has 1 nitrogen and oxygen atoms in total. The van der Waals surface area contributed by atoms with Crippen LogP contribution in [0.5, 0.6) is 0 Å². The van der Waals surface area contributed by atoms with E-state index < -0.39 is 11.6 Å². The summed E-state index contributed by atoms with van der Waals surface area (Å²) in [6, 6.07) is 2.59. The van der Waals surface area contributed by atoms with E-state index in [1.807, 2.05) is 13.8 Å². The van der Waals surface area contributed by atoms with Crippen molar-refractivity contribution in [2.75, 3.05) is 6.54 Å². The minimum Gasteiger partial charge on any atom is -0.310 e. The maximum Gasteiger partial charge on any atom is 0.133 e. The Labute approximate surface area is 95.9 Å². The smallest absolute Gasteiger partial charge is 0.133 e. The van der Waals surface area contributed by atoms with Gasteiger partial charge in [-0.1, -0.05) is 26.3 Å².